The number of rotatable bonds is 6. The van der Waals surface area contributed by atoms with E-state index in [4.69, 9.17) is 28.9 Å². The molecular formula is C24H28Cl2FN3O2. The summed E-state index contributed by atoms with van der Waals surface area (Å²) in [7, 11) is 0. The van der Waals surface area contributed by atoms with Crippen molar-refractivity contribution in [2.24, 2.45) is 11.7 Å². The first kappa shape index (κ1) is 23.5. The minimum atomic E-state index is -1.36. The fourth-order valence-electron chi connectivity index (χ4n) is 5.24. The highest BCUT2D eigenvalue weighted by atomic mass is 35.5. The fourth-order valence-corrected chi connectivity index (χ4v) is 5.54. The molecule has 5 nitrogen and oxygen atoms in total. The number of amides is 1. The summed E-state index contributed by atoms with van der Waals surface area (Å²) in [6, 6.07) is 3.45. The first-order chi connectivity index (χ1) is 15.3. The van der Waals surface area contributed by atoms with Crippen LogP contribution in [0.2, 0.25) is 5.02 Å². The number of nitrogens with zero attached hydrogens (tertiary/aromatic N) is 1. The average molecular weight is 480 g/mol. The molecule has 3 fully saturated rings. The maximum Gasteiger partial charge on any atom is 0.250 e. The Morgan fingerprint density at radius 3 is 2.81 bits per heavy atom. The van der Waals surface area contributed by atoms with Gasteiger partial charge in [0, 0.05) is 35.3 Å². The van der Waals surface area contributed by atoms with Crippen LogP contribution in [0, 0.1) is 11.7 Å². The number of halogens is 3. The van der Waals surface area contributed by atoms with Crippen LogP contribution in [-0.4, -0.2) is 46.7 Å². The lowest BCUT2D eigenvalue weighted by atomic mass is 9.73. The van der Waals surface area contributed by atoms with Crippen LogP contribution in [0.3, 0.4) is 0 Å². The van der Waals surface area contributed by atoms with E-state index in [-0.39, 0.29) is 23.1 Å². The van der Waals surface area contributed by atoms with E-state index in [9.17, 15) is 9.90 Å². The number of aliphatic hydroxyl groups excluding tert-OH is 1. The zero-order valence-electron chi connectivity index (χ0n) is 18.0. The van der Waals surface area contributed by atoms with Crippen LogP contribution in [0.15, 0.2) is 53.2 Å². The number of hydrogen-bond acceptors (Lipinski definition) is 4. The number of likely N-dealkylation sites (tertiary alicyclic amines) is 1. The summed E-state index contributed by atoms with van der Waals surface area (Å²) in [5.41, 5.74) is 6.48. The third-order valence-corrected chi connectivity index (χ3v) is 7.67. The van der Waals surface area contributed by atoms with Crippen molar-refractivity contribution in [3.05, 3.63) is 69.6 Å². The van der Waals surface area contributed by atoms with E-state index >= 15 is 4.39 Å². The highest BCUT2D eigenvalue weighted by Gasteiger charge is 2.66. The lowest BCUT2D eigenvalue weighted by Crippen LogP contribution is -2.56. The summed E-state index contributed by atoms with van der Waals surface area (Å²) in [4.78, 5) is 15.7. The van der Waals surface area contributed by atoms with Gasteiger partial charge >= 0.3 is 0 Å². The second kappa shape index (κ2) is 8.92. The van der Waals surface area contributed by atoms with Crippen molar-refractivity contribution in [2.75, 3.05) is 13.2 Å². The molecule has 1 aromatic rings. The minimum absolute atomic E-state index is 0.0430. The largest absolute Gasteiger partial charge is 0.395 e. The molecule has 2 aliphatic heterocycles. The molecule has 2 saturated heterocycles. The van der Waals surface area contributed by atoms with Gasteiger partial charge in [-0.3, -0.25) is 9.69 Å². The van der Waals surface area contributed by atoms with Gasteiger partial charge in [0.1, 0.15) is 11.4 Å². The highest BCUT2D eigenvalue weighted by Crippen LogP contribution is 2.54. The van der Waals surface area contributed by atoms with Crippen molar-refractivity contribution >= 4 is 29.1 Å². The molecule has 0 aromatic heterocycles. The molecule has 1 amide bonds. The van der Waals surface area contributed by atoms with E-state index in [0.717, 1.165) is 19.3 Å². The second-order valence-corrected chi connectivity index (χ2v) is 9.65. The van der Waals surface area contributed by atoms with Gasteiger partial charge in [-0.25, -0.2) is 4.39 Å². The van der Waals surface area contributed by atoms with E-state index in [1.807, 2.05) is 4.90 Å². The van der Waals surface area contributed by atoms with Crippen LogP contribution < -0.4 is 11.1 Å². The molecule has 1 aliphatic carbocycles. The van der Waals surface area contributed by atoms with E-state index in [0.29, 0.717) is 28.8 Å². The maximum absolute atomic E-state index is 15.3. The molecule has 4 N–H and O–H groups in total. The molecule has 4 atom stereocenters. The second-order valence-electron chi connectivity index (χ2n) is 8.80. The van der Waals surface area contributed by atoms with E-state index in [1.165, 1.54) is 6.07 Å². The molecular weight excluding hydrogens is 452 g/mol. The van der Waals surface area contributed by atoms with Crippen LogP contribution in [0.1, 0.15) is 37.7 Å². The Morgan fingerprint density at radius 2 is 2.19 bits per heavy atom. The Labute approximate surface area is 197 Å². The lowest BCUT2D eigenvalue weighted by Gasteiger charge is -2.39. The molecule has 172 valence electrons. The monoisotopic (exact) mass is 479 g/mol. The summed E-state index contributed by atoms with van der Waals surface area (Å²) in [6.45, 7) is 6.33. The smallest absolute Gasteiger partial charge is 0.250 e. The third-order valence-electron chi connectivity index (χ3n) is 7.05. The third kappa shape index (κ3) is 3.62. The van der Waals surface area contributed by atoms with Crippen molar-refractivity contribution in [1.29, 1.82) is 0 Å². The fraction of sp³-hybridized carbons (Fsp3) is 0.458. The zero-order chi connectivity index (χ0) is 23.2. The standard InChI is InChI=1S/C24H28Cl2FN3O2/c1-3-15(25)11-18-13(2)24(23(32)29-18)20(16-5-4-6-17(26)21(16)27)22(28)19(12-31)30(24)10-9-14-7-8-14/h3-6,11,14,19-20,22,31H,2,7-10,12,28H2,1H3,(H,29,32)/b15-3+,18-11+/t19-,20-,22+,24+/m1/s1. The van der Waals surface area contributed by atoms with Gasteiger partial charge in [0.15, 0.2) is 0 Å². The number of carbonyl (C=O) groups is 1. The molecule has 0 radical (unpaired) electrons. The molecule has 0 unspecified atom stereocenters. The number of allylic oxidation sites excluding steroid dienone is 3. The highest BCUT2D eigenvalue weighted by molar-refractivity contribution is 6.31. The van der Waals surface area contributed by atoms with Crippen LogP contribution in [0.25, 0.3) is 0 Å². The zero-order valence-corrected chi connectivity index (χ0v) is 19.5. The van der Waals surface area contributed by atoms with Crippen molar-refractivity contribution in [2.45, 2.75) is 49.7 Å². The quantitative estimate of drug-likeness (QED) is 0.579. The molecule has 32 heavy (non-hydrogen) atoms. The number of nitrogens with two attached hydrogens (primary N) is 1. The summed E-state index contributed by atoms with van der Waals surface area (Å²) in [6.07, 6.45) is 6.51. The van der Waals surface area contributed by atoms with Crippen LogP contribution >= 0.6 is 23.2 Å². The van der Waals surface area contributed by atoms with Gasteiger partial charge < -0.3 is 16.2 Å². The summed E-state index contributed by atoms with van der Waals surface area (Å²) >= 11 is 12.3. The average Bonchev–Trinajstić information content (AvgIpc) is 3.52. The van der Waals surface area contributed by atoms with Gasteiger partial charge in [-0.2, -0.15) is 0 Å². The van der Waals surface area contributed by atoms with Gasteiger partial charge in [-0.15, -0.1) is 0 Å². The van der Waals surface area contributed by atoms with Gasteiger partial charge in [0.05, 0.1) is 11.6 Å². The molecule has 0 bridgehead atoms. The Balaban J connectivity index is 1.91. The molecule has 4 rings (SSSR count). The minimum Gasteiger partial charge on any atom is -0.395 e. The maximum atomic E-state index is 15.3. The van der Waals surface area contributed by atoms with E-state index in [2.05, 4.69) is 11.9 Å². The normalized spacial score (nSPS) is 32.4. The summed E-state index contributed by atoms with van der Waals surface area (Å²) in [5.74, 6) is -1.16. The molecule has 1 aromatic carbocycles. The number of benzene rings is 1. The van der Waals surface area contributed by atoms with E-state index < -0.39 is 29.4 Å². The van der Waals surface area contributed by atoms with Crippen molar-refractivity contribution in [3.63, 3.8) is 0 Å². The van der Waals surface area contributed by atoms with Gasteiger partial charge in [0.2, 0.25) is 5.91 Å². The Hall–Kier alpha value is -1.70. The van der Waals surface area contributed by atoms with Crippen molar-refractivity contribution in [1.82, 2.24) is 10.2 Å². The Morgan fingerprint density at radius 1 is 1.47 bits per heavy atom. The lowest BCUT2D eigenvalue weighted by molar-refractivity contribution is -0.128. The van der Waals surface area contributed by atoms with Crippen molar-refractivity contribution in [3.8, 4) is 0 Å². The number of aliphatic hydroxyl groups is 1. The Kier molecular flexibility index (Phi) is 6.54. The molecule has 1 spiro atoms. The topological polar surface area (TPSA) is 78.6 Å². The van der Waals surface area contributed by atoms with Gasteiger partial charge in [0.25, 0.3) is 0 Å². The Bertz CT molecular complexity index is 1010. The molecule has 3 aliphatic rings. The first-order valence-electron chi connectivity index (χ1n) is 10.9. The van der Waals surface area contributed by atoms with Crippen molar-refractivity contribution < 1.29 is 14.3 Å². The van der Waals surface area contributed by atoms with Gasteiger partial charge in [-0.1, -0.05) is 60.8 Å². The van der Waals surface area contributed by atoms with Crippen LogP contribution in [0.4, 0.5) is 4.39 Å². The van der Waals surface area contributed by atoms with Crippen LogP contribution in [-0.2, 0) is 4.79 Å². The predicted molar refractivity (Wildman–Crippen MR) is 125 cm³/mol. The SMILES string of the molecule is C=C1/C(=C\C(Cl)=C/C)NC(=O)[C@@]12[C@H](c1cccc(Cl)c1F)[C@@H](N)[C@@H](CO)N2CCC1CC1. The van der Waals surface area contributed by atoms with Gasteiger partial charge in [-0.05, 0) is 42.5 Å². The number of nitrogens with one attached hydrogen (secondary N) is 1. The summed E-state index contributed by atoms with van der Waals surface area (Å²) < 4.78 is 15.3. The van der Waals surface area contributed by atoms with E-state index in [1.54, 1.807) is 31.2 Å². The molecule has 1 saturated carbocycles. The predicted octanol–water partition coefficient (Wildman–Crippen LogP) is 3.82. The number of carbonyl (C=O) groups excluding carboxylic acids is 1. The molecule has 2 heterocycles. The summed E-state index contributed by atoms with van der Waals surface area (Å²) in [5, 5.41) is 13.6. The molecule has 8 heteroatoms. The number of hydrogen-bond donors (Lipinski definition) is 3. The first-order valence-corrected chi connectivity index (χ1v) is 11.6. The van der Waals surface area contributed by atoms with Crippen LogP contribution in [0.5, 0.6) is 0 Å².